The number of aromatic amines is 1. The molecule has 0 bridgehead atoms. The van der Waals surface area contributed by atoms with Crippen LogP contribution >= 0.6 is 0 Å². The molecule has 1 aromatic carbocycles. The van der Waals surface area contributed by atoms with Crippen LogP contribution in [0.1, 0.15) is 36.8 Å². The molecule has 1 unspecified atom stereocenters. The summed E-state index contributed by atoms with van der Waals surface area (Å²) >= 11 is 0. The molecule has 1 heterocycles. The Morgan fingerprint density at radius 2 is 1.44 bits per heavy atom. The summed E-state index contributed by atoms with van der Waals surface area (Å²) in [7, 11) is 1.47. The Morgan fingerprint density at radius 3 is 1.88 bits per heavy atom. The number of benzene rings is 1. The van der Waals surface area contributed by atoms with Crippen LogP contribution in [0.2, 0.25) is 0 Å². The van der Waals surface area contributed by atoms with E-state index >= 15 is 0 Å². The van der Waals surface area contributed by atoms with Gasteiger partial charge in [-0.05, 0) is 57.2 Å². The molecule has 1 N–H and O–H groups in total. The minimum Gasteiger partial charge on any atom is -0.497 e. The SMILES string of the molecule is CCOC(=O)C(C(=O)c1ccc(OC)cc1)C(C(=O)OCC)(C(=O)OCC)c1ccc[nH]1. The molecule has 2 aromatic rings. The molecule has 0 aliphatic carbocycles. The van der Waals surface area contributed by atoms with Crippen molar-refractivity contribution >= 4 is 23.7 Å². The van der Waals surface area contributed by atoms with Gasteiger partial charge < -0.3 is 23.9 Å². The van der Waals surface area contributed by atoms with Crippen molar-refractivity contribution in [2.45, 2.75) is 26.2 Å². The van der Waals surface area contributed by atoms with Crippen molar-refractivity contribution in [3.05, 3.63) is 53.9 Å². The fraction of sp³-hybridized carbons (Fsp3) is 0.391. The predicted octanol–water partition coefficient (Wildman–Crippen LogP) is 2.45. The van der Waals surface area contributed by atoms with E-state index in [9.17, 15) is 19.2 Å². The molecular formula is C23H27NO8. The van der Waals surface area contributed by atoms with Crippen LogP contribution in [0.4, 0.5) is 0 Å². The van der Waals surface area contributed by atoms with Gasteiger partial charge in [0.1, 0.15) is 5.75 Å². The van der Waals surface area contributed by atoms with Crippen molar-refractivity contribution in [3.63, 3.8) is 0 Å². The van der Waals surface area contributed by atoms with Gasteiger partial charge in [-0.2, -0.15) is 0 Å². The van der Waals surface area contributed by atoms with Crippen LogP contribution in [0.25, 0.3) is 0 Å². The van der Waals surface area contributed by atoms with Crippen molar-refractivity contribution in [1.29, 1.82) is 0 Å². The Balaban J connectivity index is 2.80. The van der Waals surface area contributed by atoms with Gasteiger partial charge in [0.15, 0.2) is 11.7 Å². The fourth-order valence-electron chi connectivity index (χ4n) is 3.39. The van der Waals surface area contributed by atoms with Gasteiger partial charge in [-0.3, -0.25) is 19.2 Å². The number of hydrogen-bond donors (Lipinski definition) is 1. The monoisotopic (exact) mass is 445 g/mol. The van der Waals surface area contributed by atoms with Crippen molar-refractivity contribution in [2.24, 2.45) is 5.92 Å². The van der Waals surface area contributed by atoms with Gasteiger partial charge in [-0.1, -0.05) is 0 Å². The predicted molar refractivity (Wildman–Crippen MR) is 113 cm³/mol. The number of H-pyrrole nitrogens is 1. The number of hydrogen-bond acceptors (Lipinski definition) is 8. The molecule has 0 amide bonds. The van der Waals surface area contributed by atoms with Gasteiger partial charge in [0.25, 0.3) is 0 Å². The highest BCUT2D eigenvalue weighted by atomic mass is 16.6. The third-order valence-electron chi connectivity index (χ3n) is 4.81. The van der Waals surface area contributed by atoms with Gasteiger partial charge in [-0.25, -0.2) is 0 Å². The Morgan fingerprint density at radius 1 is 0.875 bits per heavy atom. The van der Waals surface area contributed by atoms with Crippen LogP contribution in [0.3, 0.4) is 0 Å². The van der Waals surface area contributed by atoms with Crippen LogP contribution in [0.5, 0.6) is 5.75 Å². The molecule has 0 radical (unpaired) electrons. The van der Waals surface area contributed by atoms with Gasteiger partial charge in [0.05, 0.1) is 26.9 Å². The largest absolute Gasteiger partial charge is 0.497 e. The highest BCUT2D eigenvalue weighted by Gasteiger charge is 2.63. The van der Waals surface area contributed by atoms with Gasteiger partial charge >= 0.3 is 17.9 Å². The van der Waals surface area contributed by atoms with E-state index in [4.69, 9.17) is 18.9 Å². The lowest BCUT2D eigenvalue weighted by Crippen LogP contribution is -2.57. The van der Waals surface area contributed by atoms with Crippen molar-refractivity contribution < 1.29 is 38.1 Å². The standard InChI is InChI=1S/C23H27NO8/c1-5-30-20(26)18(19(25)15-10-12-16(29-4)13-11-15)23(21(27)31-6-2,22(28)32-7-3)17-9-8-14-24-17/h8-14,18,24H,5-7H2,1-4H3. The van der Waals surface area contributed by atoms with E-state index in [-0.39, 0.29) is 31.1 Å². The molecule has 2 rings (SSSR count). The second-order valence-electron chi connectivity index (χ2n) is 6.61. The molecule has 0 spiro atoms. The summed E-state index contributed by atoms with van der Waals surface area (Å²) in [5.41, 5.74) is -2.37. The van der Waals surface area contributed by atoms with Crippen molar-refractivity contribution in [3.8, 4) is 5.75 Å². The number of carbonyl (C=O) groups is 4. The molecule has 9 heteroatoms. The number of carbonyl (C=O) groups excluding carboxylic acids is 4. The molecule has 32 heavy (non-hydrogen) atoms. The minimum atomic E-state index is -2.43. The third-order valence-corrected chi connectivity index (χ3v) is 4.81. The summed E-state index contributed by atoms with van der Waals surface area (Å²) < 4.78 is 20.6. The zero-order chi connectivity index (χ0) is 23.7. The summed E-state index contributed by atoms with van der Waals surface area (Å²) in [6.45, 7) is 4.40. The molecule has 0 saturated carbocycles. The molecular weight excluding hydrogens is 418 g/mol. The first-order chi connectivity index (χ1) is 15.4. The first kappa shape index (κ1) is 24.6. The molecule has 0 aliphatic rings. The Labute approximate surface area is 186 Å². The van der Waals surface area contributed by atoms with Crippen LogP contribution in [0.15, 0.2) is 42.6 Å². The summed E-state index contributed by atoms with van der Waals surface area (Å²) in [4.78, 5) is 56.3. The van der Waals surface area contributed by atoms with Crippen LogP contribution in [0, 0.1) is 5.92 Å². The zero-order valence-corrected chi connectivity index (χ0v) is 18.5. The normalized spacial score (nSPS) is 11.9. The number of esters is 3. The summed E-state index contributed by atoms with van der Waals surface area (Å²) in [5, 5.41) is 0. The molecule has 0 aliphatic heterocycles. The summed E-state index contributed by atoms with van der Waals surface area (Å²) in [6.07, 6.45) is 1.46. The molecule has 9 nitrogen and oxygen atoms in total. The Hall–Kier alpha value is -3.62. The van der Waals surface area contributed by atoms with E-state index in [1.807, 2.05) is 0 Å². The average molecular weight is 445 g/mol. The average Bonchev–Trinajstić information content (AvgIpc) is 3.32. The second-order valence-corrected chi connectivity index (χ2v) is 6.61. The van der Waals surface area contributed by atoms with Gasteiger partial charge in [0, 0.05) is 17.5 Å². The Bertz CT molecular complexity index is 915. The van der Waals surface area contributed by atoms with E-state index in [1.54, 1.807) is 20.8 Å². The van der Waals surface area contributed by atoms with E-state index in [1.165, 1.54) is 49.7 Å². The zero-order valence-electron chi connectivity index (χ0n) is 18.5. The van der Waals surface area contributed by atoms with Crippen LogP contribution in [-0.2, 0) is 34.0 Å². The maximum atomic E-state index is 13.6. The molecule has 172 valence electrons. The molecule has 1 atom stereocenters. The van der Waals surface area contributed by atoms with E-state index < -0.39 is 35.0 Å². The summed E-state index contributed by atoms with van der Waals surface area (Å²) in [6, 6.07) is 8.87. The smallest absolute Gasteiger partial charge is 0.331 e. The van der Waals surface area contributed by atoms with Gasteiger partial charge in [-0.15, -0.1) is 0 Å². The number of aromatic nitrogens is 1. The highest BCUT2D eigenvalue weighted by molar-refractivity contribution is 6.20. The van der Waals surface area contributed by atoms with Crippen LogP contribution in [-0.4, -0.2) is 55.6 Å². The van der Waals surface area contributed by atoms with Crippen molar-refractivity contribution in [1.82, 2.24) is 4.98 Å². The first-order valence-corrected chi connectivity index (χ1v) is 10.2. The van der Waals surface area contributed by atoms with Gasteiger partial charge in [0.2, 0.25) is 5.41 Å². The number of ketones is 1. The lowest BCUT2D eigenvalue weighted by atomic mass is 9.69. The molecule has 0 fully saturated rings. The van der Waals surface area contributed by atoms with E-state index in [2.05, 4.69) is 4.98 Å². The molecule has 1 aromatic heterocycles. The second kappa shape index (κ2) is 11.1. The van der Waals surface area contributed by atoms with E-state index in [0.717, 1.165) is 0 Å². The number of nitrogens with one attached hydrogen (secondary N) is 1. The number of Topliss-reactive ketones (excluding diaryl/α,β-unsaturated/α-hetero) is 1. The van der Waals surface area contributed by atoms with Crippen molar-refractivity contribution in [2.75, 3.05) is 26.9 Å². The minimum absolute atomic E-state index is 0.0192. The maximum Gasteiger partial charge on any atom is 0.331 e. The maximum absolute atomic E-state index is 13.6. The fourth-order valence-corrected chi connectivity index (χ4v) is 3.39. The first-order valence-electron chi connectivity index (χ1n) is 10.2. The van der Waals surface area contributed by atoms with Crippen LogP contribution < -0.4 is 4.74 Å². The number of ether oxygens (including phenoxy) is 4. The molecule has 0 saturated heterocycles. The summed E-state index contributed by atoms with van der Waals surface area (Å²) in [5.74, 6) is -5.46. The highest BCUT2D eigenvalue weighted by Crippen LogP contribution is 2.38. The number of methoxy groups -OCH3 is 1. The Kier molecular flexibility index (Phi) is 8.57. The van der Waals surface area contributed by atoms with E-state index in [0.29, 0.717) is 5.75 Å². The lowest BCUT2D eigenvalue weighted by Gasteiger charge is -2.33. The topological polar surface area (TPSA) is 121 Å². The third kappa shape index (κ3) is 4.66. The number of rotatable bonds is 11. The quantitative estimate of drug-likeness (QED) is 0.242. The lowest BCUT2D eigenvalue weighted by molar-refractivity contribution is -0.173.